The van der Waals surface area contributed by atoms with Crippen molar-refractivity contribution in [3.8, 4) is 5.75 Å². The number of rotatable bonds is 7. The van der Waals surface area contributed by atoms with Gasteiger partial charge in [0.25, 0.3) is 0 Å². The molecule has 0 atom stereocenters. The molecule has 0 spiro atoms. The van der Waals surface area contributed by atoms with E-state index in [1.807, 2.05) is 0 Å². The van der Waals surface area contributed by atoms with Gasteiger partial charge >= 0.3 is 0 Å². The van der Waals surface area contributed by atoms with Crippen molar-refractivity contribution in [3.05, 3.63) is 64.6 Å². The van der Waals surface area contributed by atoms with Crippen LogP contribution in [0.3, 0.4) is 0 Å². The van der Waals surface area contributed by atoms with Gasteiger partial charge in [0.2, 0.25) is 0 Å². The third-order valence-electron chi connectivity index (χ3n) is 6.86. The van der Waals surface area contributed by atoms with Crippen LogP contribution in [0, 0.1) is 0 Å². The van der Waals surface area contributed by atoms with Crippen molar-refractivity contribution in [2.24, 2.45) is 0 Å². The number of halogens is 1. The normalized spacial score (nSPS) is 18.2. The van der Waals surface area contributed by atoms with Gasteiger partial charge in [-0.2, -0.15) is 0 Å². The zero-order chi connectivity index (χ0) is 22.1. The van der Waals surface area contributed by atoms with Crippen molar-refractivity contribution in [1.82, 2.24) is 9.62 Å². The van der Waals surface area contributed by atoms with Crippen LogP contribution in [0.4, 0.5) is 5.69 Å². The number of nitrogens with zero attached hydrogens (tertiary/aromatic N) is 2. The van der Waals surface area contributed by atoms with E-state index in [0.29, 0.717) is 0 Å². The monoisotopic (exact) mass is 511 g/mol. The fraction of sp³-hybridized carbons (Fsp3) is 0.385. The van der Waals surface area contributed by atoms with E-state index in [2.05, 4.69) is 92.1 Å². The second-order valence-electron chi connectivity index (χ2n) is 9.00. The summed E-state index contributed by atoms with van der Waals surface area (Å²) in [5.74, 6) is 0.957. The summed E-state index contributed by atoms with van der Waals surface area (Å²) in [5.41, 5.74) is 2.91. The first-order chi connectivity index (χ1) is 15.6. The van der Waals surface area contributed by atoms with E-state index in [1.54, 1.807) is 19.1 Å². The number of nitrogens with one attached hydrogen (secondary N) is 1. The Balaban J connectivity index is 1.30. The topological polar surface area (TPSA) is 27.7 Å². The minimum Gasteiger partial charge on any atom is -0.495 e. The number of methoxy groups -OCH3 is 1. The van der Waals surface area contributed by atoms with E-state index in [9.17, 15) is 0 Å². The largest absolute Gasteiger partial charge is 0.495 e. The molecule has 0 radical (unpaired) electrons. The van der Waals surface area contributed by atoms with Crippen molar-refractivity contribution < 1.29 is 4.74 Å². The summed E-state index contributed by atoms with van der Waals surface area (Å²) in [6.07, 6.45) is 2.47. The molecule has 1 aliphatic heterocycles. The zero-order valence-corrected chi connectivity index (χ0v) is 21.1. The molecule has 168 valence electrons. The van der Waals surface area contributed by atoms with Crippen LogP contribution in [0.15, 0.2) is 64.0 Å². The highest BCUT2D eigenvalue weighted by Gasteiger charge is 2.44. The molecule has 3 aromatic carbocycles. The minimum absolute atomic E-state index is 0.236. The molecule has 2 aliphatic rings. The maximum absolute atomic E-state index is 5.67. The molecule has 32 heavy (non-hydrogen) atoms. The van der Waals surface area contributed by atoms with Gasteiger partial charge in [-0.15, -0.1) is 0 Å². The highest BCUT2D eigenvalue weighted by atomic mass is 79.9. The van der Waals surface area contributed by atoms with Crippen molar-refractivity contribution in [2.45, 2.75) is 23.2 Å². The number of ether oxygens (including phenoxy) is 1. The highest BCUT2D eigenvalue weighted by Crippen LogP contribution is 2.50. The van der Waals surface area contributed by atoms with E-state index in [4.69, 9.17) is 4.74 Å². The first kappa shape index (κ1) is 22.1. The predicted molar refractivity (Wildman–Crippen MR) is 139 cm³/mol. The lowest BCUT2D eigenvalue weighted by molar-refractivity contribution is 0.311. The second kappa shape index (κ2) is 9.26. The zero-order valence-electron chi connectivity index (χ0n) is 18.7. The molecule has 5 rings (SSSR count). The number of hydrogen-bond acceptors (Lipinski definition) is 5. The van der Waals surface area contributed by atoms with Crippen LogP contribution in [0.2, 0.25) is 0 Å². The van der Waals surface area contributed by atoms with Crippen LogP contribution >= 0.6 is 27.9 Å². The Hall–Kier alpha value is -1.73. The van der Waals surface area contributed by atoms with E-state index < -0.39 is 0 Å². The summed E-state index contributed by atoms with van der Waals surface area (Å²) in [6.45, 7) is 5.21. The molecule has 3 aromatic rings. The molecule has 1 aliphatic carbocycles. The number of piperazine rings is 1. The number of fused-ring (bicyclic) bond motifs is 1. The lowest BCUT2D eigenvalue weighted by Crippen LogP contribution is -2.44. The van der Waals surface area contributed by atoms with Crippen LogP contribution in [-0.2, 0) is 5.41 Å². The van der Waals surface area contributed by atoms with Crippen LogP contribution in [-0.4, -0.2) is 51.8 Å². The van der Waals surface area contributed by atoms with Crippen molar-refractivity contribution in [2.75, 3.05) is 51.8 Å². The molecule has 0 aromatic heterocycles. The fourth-order valence-electron chi connectivity index (χ4n) is 4.68. The first-order valence-electron chi connectivity index (χ1n) is 11.3. The molecule has 1 saturated carbocycles. The van der Waals surface area contributed by atoms with Gasteiger partial charge in [0.05, 0.1) is 12.8 Å². The summed E-state index contributed by atoms with van der Waals surface area (Å²) in [6, 6.07) is 19.9. The van der Waals surface area contributed by atoms with Gasteiger partial charge in [0, 0.05) is 47.5 Å². The predicted octanol–water partition coefficient (Wildman–Crippen LogP) is 5.69. The third kappa shape index (κ3) is 4.51. The fourth-order valence-corrected chi connectivity index (χ4v) is 5.87. The third-order valence-corrected chi connectivity index (χ3v) is 8.14. The maximum atomic E-state index is 5.67. The van der Waals surface area contributed by atoms with E-state index in [1.165, 1.54) is 39.8 Å². The molecule has 2 fully saturated rings. The Kier molecular flexibility index (Phi) is 6.39. The standard InChI is InChI=1S/C26H30BrN3OS/c1-29-12-14-30(15-13-29)24-17-21(8-9-25(24)31-2)32-28-18-26(10-11-26)23-5-3-4-19-6-7-20(27)16-22(19)23/h3-9,16-17,28H,10-15,18H2,1-2H3. The van der Waals surface area contributed by atoms with Gasteiger partial charge in [-0.1, -0.05) is 40.2 Å². The van der Waals surface area contributed by atoms with Crippen molar-refractivity contribution in [3.63, 3.8) is 0 Å². The maximum Gasteiger partial charge on any atom is 0.142 e. The second-order valence-corrected chi connectivity index (χ2v) is 10.9. The van der Waals surface area contributed by atoms with Crippen LogP contribution in [0.1, 0.15) is 18.4 Å². The van der Waals surface area contributed by atoms with Crippen molar-refractivity contribution in [1.29, 1.82) is 0 Å². The van der Waals surface area contributed by atoms with Gasteiger partial charge in [-0.05, 0) is 78.5 Å². The lowest BCUT2D eigenvalue weighted by atomic mass is 9.91. The number of anilines is 1. The van der Waals surface area contributed by atoms with Gasteiger partial charge in [-0.25, -0.2) is 0 Å². The SMILES string of the molecule is COc1ccc(SNCC2(c3cccc4ccc(Br)cc34)CC2)cc1N1CCN(C)CC1. The molecule has 0 bridgehead atoms. The van der Waals surface area contributed by atoms with E-state index in [-0.39, 0.29) is 5.41 Å². The van der Waals surface area contributed by atoms with Gasteiger partial charge < -0.3 is 14.5 Å². The molecule has 1 N–H and O–H groups in total. The molecule has 6 heteroatoms. The average molecular weight is 513 g/mol. The summed E-state index contributed by atoms with van der Waals surface area (Å²) >= 11 is 5.39. The lowest BCUT2D eigenvalue weighted by Gasteiger charge is -2.34. The Morgan fingerprint density at radius 1 is 1.03 bits per heavy atom. The van der Waals surface area contributed by atoms with Gasteiger partial charge in [0.1, 0.15) is 5.75 Å². The molecule has 1 saturated heterocycles. The first-order valence-corrected chi connectivity index (χ1v) is 12.9. The van der Waals surface area contributed by atoms with Crippen LogP contribution < -0.4 is 14.4 Å². The number of hydrogen-bond donors (Lipinski definition) is 1. The Morgan fingerprint density at radius 2 is 1.84 bits per heavy atom. The summed E-state index contributed by atoms with van der Waals surface area (Å²) < 4.78 is 10.5. The van der Waals surface area contributed by atoms with Crippen LogP contribution in [0.25, 0.3) is 10.8 Å². The van der Waals surface area contributed by atoms with Crippen molar-refractivity contribution >= 4 is 44.3 Å². The van der Waals surface area contributed by atoms with Crippen LogP contribution in [0.5, 0.6) is 5.75 Å². The quantitative estimate of drug-likeness (QED) is 0.411. The Labute approximate surface area is 203 Å². The molecular weight excluding hydrogens is 482 g/mol. The molecular formula is C26H30BrN3OS. The number of likely N-dealkylation sites (N-methyl/N-ethyl adjacent to an activating group) is 1. The smallest absolute Gasteiger partial charge is 0.142 e. The van der Waals surface area contributed by atoms with E-state index >= 15 is 0 Å². The summed E-state index contributed by atoms with van der Waals surface area (Å²) in [4.78, 5) is 6.06. The highest BCUT2D eigenvalue weighted by molar-refractivity contribution is 9.10. The molecule has 4 nitrogen and oxygen atoms in total. The Morgan fingerprint density at radius 3 is 2.59 bits per heavy atom. The average Bonchev–Trinajstić information content (AvgIpc) is 3.60. The molecule has 1 heterocycles. The van der Waals surface area contributed by atoms with Gasteiger partial charge in [0.15, 0.2) is 0 Å². The molecule has 0 unspecified atom stereocenters. The Bertz CT molecular complexity index is 1110. The van der Waals surface area contributed by atoms with Gasteiger partial charge in [-0.3, -0.25) is 4.72 Å². The molecule has 0 amide bonds. The minimum atomic E-state index is 0.236. The summed E-state index contributed by atoms with van der Waals surface area (Å²) in [7, 11) is 3.95. The van der Waals surface area contributed by atoms with E-state index in [0.717, 1.165) is 42.9 Å². The summed E-state index contributed by atoms with van der Waals surface area (Å²) in [5, 5.41) is 2.68. The number of benzene rings is 3.